The Bertz CT molecular complexity index is 1840. The quantitative estimate of drug-likeness (QED) is 0.339. The van der Waals surface area contributed by atoms with E-state index in [0.717, 1.165) is 35.6 Å². The Morgan fingerprint density at radius 1 is 1.17 bits per heavy atom. The molecule has 6 atom stereocenters. The summed E-state index contributed by atoms with van der Waals surface area (Å²) in [4.78, 5) is 61.7. The molecule has 0 radical (unpaired) electrons. The first kappa shape index (κ1) is 37.5. The number of sulfonamides is 1. The minimum atomic E-state index is -3.91. The molecule has 1 saturated heterocycles. The van der Waals surface area contributed by atoms with Gasteiger partial charge in [0.2, 0.25) is 27.7 Å². The van der Waals surface area contributed by atoms with Crippen molar-refractivity contribution in [2.24, 2.45) is 11.3 Å². The number of cyclic esters (lactones) is 1. The Labute approximate surface area is 304 Å². The van der Waals surface area contributed by atoms with Crippen LogP contribution >= 0.6 is 0 Å². The molecule has 282 valence electrons. The van der Waals surface area contributed by atoms with E-state index in [0.29, 0.717) is 25.1 Å². The standard InChI is InChI=1S/C37H49N5O9S/c1-6-24-21-37(24,34(45)41-52(47,48)25-14-15-25)40-30(43)27-20-28-33(49-7-2)42(27)32(44)29(36(3,4)5)39-35(46)50-18-10-8-9-11-22-12-13-23-16-17-38-31(51-28)26(23)19-22/h6,12-13,16-17,19,24-25,27-29,33H,1,7-11,14-15,18,20-21H2,2-5H3,(H,39,46)(H,40,43)(H,41,45)/t24-,27+,28-,29-,33?,37-/m1/s1. The molecule has 1 aromatic carbocycles. The number of rotatable bonds is 8. The molecule has 4 aliphatic rings. The molecule has 4 amide bonds. The van der Waals surface area contributed by atoms with Crippen LogP contribution in [0.1, 0.15) is 78.2 Å². The SMILES string of the molecule is C=C[C@@H]1C[C@]1(NC(=O)[C@@H]1C[C@H]2Oc3nccc4ccc(cc34)CCCCCOC(=O)N[C@@H](C(C)(C)C)C(=O)N1C2OCC)C(=O)NS(=O)(=O)C1CC1. The lowest BCUT2D eigenvalue weighted by Crippen LogP contribution is -2.62. The summed E-state index contributed by atoms with van der Waals surface area (Å²) in [5.41, 5.74) is -1.35. The van der Waals surface area contributed by atoms with Gasteiger partial charge in [0.05, 0.1) is 11.9 Å². The van der Waals surface area contributed by atoms with Gasteiger partial charge in [0.25, 0.3) is 5.91 Å². The number of nitrogens with zero attached hydrogens (tertiary/aromatic N) is 2. The molecule has 14 nitrogen and oxygen atoms in total. The minimum Gasteiger partial charge on any atom is -0.469 e. The zero-order valence-corrected chi connectivity index (χ0v) is 31.0. The number of ether oxygens (including phenoxy) is 3. The maximum Gasteiger partial charge on any atom is 0.407 e. The van der Waals surface area contributed by atoms with Crippen molar-refractivity contribution in [3.8, 4) is 5.88 Å². The molecule has 1 aromatic heterocycles. The van der Waals surface area contributed by atoms with Crippen LogP contribution in [0.5, 0.6) is 5.88 Å². The maximum absolute atomic E-state index is 14.8. The number of hydrogen-bond donors (Lipinski definition) is 3. The number of benzene rings is 1. The fourth-order valence-electron chi connectivity index (χ4n) is 7.11. The van der Waals surface area contributed by atoms with Gasteiger partial charge in [-0.15, -0.1) is 6.58 Å². The number of fused-ring (bicyclic) bond motifs is 3. The van der Waals surface area contributed by atoms with E-state index in [-0.39, 0.29) is 26.1 Å². The molecule has 2 saturated carbocycles. The molecule has 15 heteroatoms. The first-order chi connectivity index (χ1) is 24.7. The van der Waals surface area contributed by atoms with Gasteiger partial charge in [0.15, 0.2) is 6.23 Å². The molecule has 2 aliphatic heterocycles. The van der Waals surface area contributed by atoms with Gasteiger partial charge in [-0.1, -0.05) is 39.0 Å². The largest absolute Gasteiger partial charge is 0.469 e. The molecule has 2 aliphatic carbocycles. The summed E-state index contributed by atoms with van der Waals surface area (Å²) in [6, 6.07) is 5.55. The van der Waals surface area contributed by atoms with E-state index in [4.69, 9.17) is 14.2 Å². The normalized spacial score (nSPS) is 28.5. The number of aromatic nitrogens is 1. The van der Waals surface area contributed by atoms with Crippen molar-refractivity contribution in [1.82, 2.24) is 25.2 Å². The van der Waals surface area contributed by atoms with Crippen LogP contribution in [0.3, 0.4) is 0 Å². The van der Waals surface area contributed by atoms with E-state index in [1.54, 1.807) is 33.9 Å². The summed E-state index contributed by atoms with van der Waals surface area (Å²) in [5, 5.41) is 6.56. The molecular weight excluding hydrogens is 691 g/mol. The highest BCUT2D eigenvalue weighted by Crippen LogP contribution is 2.46. The second kappa shape index (κ2) is 14.6. The van der Waals surface area contributed by atoms with Gasteiger partial charge in [-0.3, -0.25) is 24.0 Å². The van der Waals surface area contributed by atoms with E-state index < -0.39 is 80.4 Å². The second-order valence-corrected chi connectivity index (χ2v) is 17.2. The lowest BCUT2D eigenvalue weighted by Gasteiger charge is -2.38. The Hall–Kier alpha value is -4.24. The van der Waals surface area contributed by atoms with Gasteiger partial charge in [0.1, 0.15) is 23.7 Å². The third-order valence-corrected chi connectivity index (χ3v) is 12.1. The minimum absolute atomic E-state index is 0.0574. The number of carbonyl (C=O) groups is 4. The number of aryl methyl sites for hydroxylation is 1. The lowest BCUT2D eigenvalue weighted by atomic mass is 9.85. The van der Waals surface area contributed by atoms with Gasteiger partial charge in [-0.05, 0) is 80.4 Å². The first-order valence-corrected chi connectivity index (χ1v) is 19.6. The van der Waals surface area contributed by atoms with Crippen LogP contribution < -0.4 is 20.1 Å². The maximum atomic E-state index is 14.8. The highest BCUT2D eigenvalue weighted by atomic mass is 32.2. The topological polar surface area (TPSA) is 182 Å². The van der Waals surface area contributed by atoms with E-state index in [1.807, 2.05) is 18.2 Å². The van der Waals surface area contributed by atoms with Crippen LogP contribution in [0.4, 0.5) is 4.79 Å². The van der Waals surface area contributed by atoms with Crippen LogP contribution in [-0.4, -0.2) is 90.5 Å². The zero-order chi connectivity index (χ0) is 37.4. The summed E-state index contributed by atoms with van der Waals surface area (Å²) in [7, 11) is -3.91. The van der Waals surface area contributed by atoms with Crippen molar-refractivity contribution in [1.29, 1.82) is 0 Å². The van der Waals surface area contributed by atoms with Crippen molar-refractivity contribution < 1.29 is 41.8 Å². The van der Waals surface area contributed by atoms with Crippen LogP contribution in [0.2, 0.25) is 0 Å². The fourth-order valence-corrected chi connectivity index (χ4v) is 8.48. The number of hydrogen-bond acceptors (Lipinski definition) is 10. The van der Waals surface area contributed by atoms with Crippen LogP contribution in [0.25, 0.3) is 10.8 Å². The van der Waals surface area contributed by atoms with Crippen molar-refractivity contribution in [3.63, 3.8) is 0 Å². The predicted octanol–water partition coefficient (Wildman–Crippen LogP) is 3.48. The van der Waals surface area contributed by atoms with E-state index in [9.17, 15) is 27.6 Å². The van der Waals surface area contributed by atoms with Gasteiger partial charge < -0.3 is 24.8 Å². The average Bonchev–Trinajstić information content (AvgIpc) is 4.02. The van der Waals surface area contributed by atoms with Crippen LogP contribution in [-0.2, 0) is 40.3 Å². The molecule has 3 heterocycles. The summed E-state index contributed by atoms with van der Waals surface area (Å²) < 4.78 is 45.9. The van der Waals surface area contributed by atoms with E-state index >= 15 is 0 Å². The van der Waals surface area contributed by atoms with Gasteiger partial charge in [0, 0.05) is 30.5 Å². The molecule has 52 heavy (non-hydrogen) atoms. The number of amides is 4. The van der Waals surface area contributed by atoms with Crippen LogP contribution in [0.15, 0.2) is 43.1 Å². The highest BCUT2D eigenvalue weighted by molar-refractivity contribution is 7.91. The smallest absolute Gasteiger partial charge is 0.407 e. The first-order valence-electron chi connectivity index (χ1n) is 18.1. The average molecular weight is 740 g/mol. The Balaban J connectivity index is 1.39. The molecule has 0 spiro atoms. The van der Waals surface area contributed by atoms with E-state index in [1.165, 1.54) is 11.0 Å². The second-order valence-electron chi connectivity index (χ2n) is 15.2. The highest BCUT2D eigenvalue weighted by Gasteiger charge is 2.62. The van der Waals surface area contributed by atoms with Crippen molar-refractivity contribution in [2.45, 2.75) is 114 Å². The Kier molecular flexibility index (Phi) is 10.6. The van der Waals surface area contributed by atoms with Crippen molar-refractivity contribution >= 4 is 44.6 Å². The third-order valence-electron chi connectivity index (χ3n) is 10.3. The Morgan fingerprint density at radius 2 is 1.94 bits per heavy atom. The summed E-state index contributed by atoms with van der Waals surface area (Å²) in [5.74, 6) is -2.40. The zero-order valence-electron chi connectivity index (χ0n) is 30.2. The summed E-state index contributed by atoms with van der Waals surface area (Å²) in [6.07, 6.45) is 4.46. The fraction of sp³-hybridized carbons (Fsp3) is 0.595. The van der Waals surface area contributed by atoms with Crippen LogP contribution in [0, 0.1) is 11.3 Å². The third kappa shape index (κ3) is 7.75. The predicted molar refractivity (Wildman–Crippen MR) is 191 cm³/mol. The lowest BCUT2D eigenvalue weighted by molar-refractivity contribution is -0.158. The Morgan fingerprint density at radius 3 is 2.62 bits per heavy atom. The number of nitrogens with one attached hydrogen (secondary N) is 3. The van der Waals surface area contributed by atoms with Gasteiger partial charge in [-0.25, -0.2) is 18.2 Å². The molecular formula is C37H49N5O9S. The number of alkyl carbamates (subject to hydrolysis) is 1. The number of carbonyl (C=O) groups excluding carboxylic acids is 4. The van der Waals surface area contributed by atoms with Crippen molar-refractivity contribution in [3.05, 3.63) is 48.7 Å². The molecule has 3 fully saturated rings. The molecule has 1 unspecified atom stereocenters. The summed E-state index contributed by atoms with van der Waals surface area (Å²) in [6.45, 7) is 11.2. The molecule has 3 N–H and O–H groups in total. The number of pyridine rings is 1. The monoisotopic (exact) mass is 739 g/mol. The molecule has 6 rings (SSSR count). The van der Waals surface area contributed by atoms with Gasteiger partial charge >= 0.3 is 6.09 Å². The molecule has 2 aromatic rings. The van der Waals surface area contributed by atoms with Crippen molar-refractivity contribution in [2.75, 3.05) is 13.2 Å². The van der Waals surface area contributed by atoms with E-state index in [2.05, 4.69) is 33.0 Å². The molecule has 4 bridgehead atoms. The summed E-state index contributed by atoms with van der Waals surface area (Å²) >= 11 is 0. The van der Waals surface area contributed by atoms with Gasteiger partial charge in [-0.2, -0.15) is 0 Å².